The van der Waals surface area contributed by atoms with Crippen molar-refractivity contribution in [1.29, 1.82) is 0 Å². The van der Waals surface area contributed by atoms with Gasteiger partial charge in [0.15, 0.2) is 5.96 Å². The minimum atomic E-state index is -0.0503. The van der Waals surface area contributed by atoms with Gasteiger partial charge in [-0.3, -0.25) is 4.79 Å². The van der Waals surface area contributed by atoms with E-state index in [0.29, 0.717) is 18.4 Å². The SMILES string of the molecule is CCNC(=NCC(=O)NCCc1ccccc1)NCC(CC)CC. The Bertz CT molecular complexity index is 483. The van der Waals surface area contributed by atoms with Crippen molar-refractivity contribution < 1.29 is 4.79 Å². The second kappa shape index (κ2) is 12.4. The van der Waals surface area contributed by atoms with Gasteiger partial charge in [0.05, 0.1) is 0 Å². The number of rotatable bonds is 10. The van der Waals surface area contributed by atoms with Crippen LogP contribution < -0.4 is 16.0 Å². The maximum atomic E-state index is 11.9. The molecule has 5 heteroatoms. The molecule has 134 valence electrons. The van der Waals surface area contributed by atoms with Crippen LogP contribution >= 0.6 is 0 Å². The lowest BCUT2D eigenvalue weighted by Crippen LogP contribution is -2.40. The Morgan fingerprint density at radius 1 is 1.04 bits per heavy atom. The van der Waals surface area contributed by atoms with E-state index in [4.69, 9.17) is 0 Å². The largest absolute Gasteiger partial charge is 0.357 e. The molecular weight excluding hydrogens is 300 g/mol. The number of hydrogen-bond donors (Lipinski definition) is 3. The van der Waals surface area contributed by atoms with Crippen LogP contribution in [0.3, 0.4) is 0 Å². The number of carbonyl (C=O) groups excluding carboxylic acids is 1. The zero-order chi connectivity index (χ0) is 17.6. The van der Waals surface area contributed by atoms with Crippen LogP contribution in [0.2, 0.25) is 0 Å². The van der Waals surface area contributed by atoms with Gasteiger partial charge in [0.25, 0.3) is 0 Å². The molecule has 1 rings (SSSR count). The Labute approximate surface area is 146 Å². The van der Waals surface area contributed by atoms with Crippen LogP contribution in [0.5, 0.6) is 0 Å². The van der Waals surface area contributed by atoms with E-state index in [9.17, 15) is 4.79 Å². The fraction of sp³-hybridized carbons (Fsp3) is 0.579. The zero-order valence-electron chi connectivity index (χ0n) is 15.3. The third-order valence-corrected chi connectivity index (χ3v) is 4.02. The fourth-order valence-corrected chi connectivity index (χ4v) is 2.36. The third kappa shape index (κ3) is 8.56. The average molecular weight is 332 g/mol. The summed E-state index contributed by atoms with van der Waals surface area (Å²) >= 11 is 0. The molecule has 0 aliphatic rings. The quantitative estimate of drug-likeness (QED) is 0.455. The maximum Gasteiger partial charge on any atom is 0.241 e. The molecule has 1 aromatic rings. The van der Waals surface area contributed by atoms with Gasteiger partial charge in [-0.2, -0.15) is 0 Å². The minimum Gasteiger partial charge on any atom is -0.357 e. The number of benzene rings is 1. The summed E-state index contributed by atoms with van der Waals surface area (Å²) in [4.78, 5) is 16.3. The maximum absolute atomic E-state index is 11.9. The second-order valence-electron chi connectivity index (χ2n) is 5.84. The molecule has 24 heavy (non-hydrogen) atoms. The molecule has 0 unspecified atom stereocenters. The summed E-state index contributed by atoms with van der Waals surface area (Å²) in [5, 5.41) is 9.42. The van der Waals surface area contributed by atoms with Crippen molar-refractivity contribution in [1.82, 2.24) is 16.0 Å². The van der Waals surface area contributed by atoms with Gasteiger partial charge in [0, 0.05) is 19.6 Å². The van der Waals surface area contributed by atoms with E-state index in [1.807, 2.05) is 25.1 Å². The number of nitrogens with one attached hydrogen (secondary N) is 3. The molecule has 5 nitrogen and oxygen atoms in total. The van der Waals surface area contributed by atoms with Crippen molar-refractivity contribution >= 4 is 11.9 Å². The first kappa shape index (κ1) is 20.0. The predicted octanol–water partition coefficient (Wildman–Crippen LogP) is 2.34. The van der Waals surface area contributed by atoms with Gasteiger partial charge in [-0.05, 0) is 24.8 Å². The first-order valence-electron chi connectivity index (χ1n) is 9.02. The highest BCUT2D eigenvalue weighted by atomic mass is 16.1. The van der Waals surface area contributed by atoms with Gasteiger partial charge >= 0.3 is 0 Å². The monoisotopic (exact) mass is 332 g/mol. The molecule has 0 spiro atoms. The highest BCUT2D eigenvalue weighted by Crippen LogP contribution is 2.04. The summed E-state index contributed by atoms with van der Waals surface area (Å²) in [6, 6.07) is 10.1. The molecule has 0 atom stereocenters. The first-order valence-corrected chi connectivity index (χ1v) is 9.02. The molecule has 1 amide bonds. The summed E-state index contributed by atoms with van der Waals surface area (Å²) < 4.78 is 0. The van der Waals surface area contributed by atoms with E-state index in [1.54, 1.807) is 0 Å². The van der Waals surface area contributed by atoms with Gasteiger partial charge < -0.3 is 16.0 Å². The average Bonchev–Trinajstić information content (AvgIpc) is 2.61. The van der Waals surface area contributed by atoms with Crippen LogP contribution in [-0.4, -0.2) is 38.0 Å². The van der Waals surface area contributed by atoms with Crippen LogP contribution in [-0.2, 0) is 11.2 Å². The normalized spacial score (nSPS) is 11.4. The fourth-order valence-electron chi connectivity index (χ4n) is 2.36. The van der Waals surface area contributed by atoms with E-state index in [0.717, 1.165) is 32.4 Å². The molecule has 0 fully saturated rings. The molecule has 3 N–H and O–H groups in total. The Morgan fingerprint density at radius 2 is 1.75 bits per heavy atom. The van der Waals surface area contributed by atoms with Crippen molar-refractivity contribution in [3.8, 4) is 0 Å². The van der Waals surface area contributed by atoms with Gasteiger partial charge in [0.2, 0.25) is 5.91 Å². The van der Waals surface area contributed by atoms with Crippen LogP contribution in [0.1, 0.15) is 39.2 Å². The summed E-state index contributed by atoms with van der Waals surface area (Å²) in [6.07, 6.45) is 3.12. The van der Waals surface area contributed by atoms with Gasteiger partial charge in [-0.15, -0.1) is 0 Å². The standard InChI is InChI=1S/C19H32N4O/c1-4-16(5-2)14-22-19(20-6-3)23-15-18(24)21-13-12-17-10-8-7-9-11-17/h7-11,16H,4-6,12-15H2,1-3H3,(H,21,24)(H2,20,22,23). The summed E-state index contributed by atoms with van der Waals surface area (Å²) in [5.74, 6) is 1.29. The van der Waals surface area contributed by atoms with Gasteiger partial charge in [-0.25, -0.2) is 4.99 Å². The molecule has 0 aromatic heterocycles. The molecule has 0 saturated carbocycles. The smallest absolute Gasteiger partial charge is 0.241 e. The Hall–Kier alpha value is -2.04. The number of amides is 1. The van der Waals surface area contributed by atoms with Gasteiger partial charge in [-0.1, -0.05) is 57.0 Å². The summed E-state index contributed by atoms with van der Waals surface area (Å²) in [5.41, 5.74) is 1.22. The molecule has 1 aromatic carbocycles. The minimum absolute atomic E-state index is 0.0503. The van der Waals surface area contributed by atoms with E-state index in [1.165, 1.54) is 5.56 Å². The van der Waals surface area contributed by atoms with Crippen LogP contribution in [0.4, 0.5) is 0 Å². The van der Waals surface area contributed by atoms with Crippen molar-refractivity contribution in [2.24, 2.45) is 10.9 Å². The Balaban J connectivity index is 2.34. The first-order chi connectivity index (χ1) is 11.7. The third-order valence-electron chi connectivity index (χ3n) is 4.02. The van der Waals surface area contributed by atoms with Crippen molar-refractivity contribution in [3.05, 3.63) is 35.9 Å². The molecule has 0 bridgehead atoms. The van der Waals surface area contributed by atoms with E-state index in [2.05, 4.69) is 46.9 Å². The van der Waals surface area contributed by atoms with Crippen molar-refractivity contribution in [2.45, 2.75) is 40.0 Å². The van der Waals surface area contributed by atoms with Crippen molar-refractivity contribution in [2.75, 3.05) is 26.2 Å². The lowest BCUT2D eigenvalue weighted by Gasteiger charge is -2.16. The van der Waals surface area contributed by atoms with E-state index >= 15 is 0 Å². The van der Waals surface area contributed by atoms with E-state index < -0.39 is 0 Å². The van der Waals surface area contributed by atoms with Crippen molar-refractivity contribution in [3.63, 3.8) is 0 Å². The molecule has 0 aliphatic carbocycles. The lowest BCUT2D eigenvalue weighted by molar-refractivity contribution is -0.119. The number of hydrogen-bond acceptors (Lipinski definition) is 2. The Kier molecular flexibility index (Phi) is 10.3. The second-order valence-corrected chi connectivity index (χ2v) is 5.84. The summed E-state index contributed by atoms with van der Waals surface area (Å²) in [7, 11) is 0. The highest BCUT2D eigenvalue weighted by Gasteiger charge is 2.06. The molecule has 0 aliphatic heterocycles. The topological polar surface area (TPSA) is 65.5 Å². The number of aliphatic imine (C=N–C) groups is 1. The molecule has 0 radical (unpaired) electrons. The molecule has 0 saturated heterocycles. The van der Waals surface area contributed by atoms with Crippen LogP contribution in [0.25, 0.3) is 0 Å². The van der Waals surface area contributed by atoms with Crippen LogP contribution in [0.15, 0.2) is 35.3 Å². The molecule has 0 heterocycles. The zero-order valence-corrected chi connectivity index (χ0v) is 15.3. The van der Waals surface area contributed by atoms with Crippen LogP contribution in [0, 0.1) is 5.92 Å². The predicted molar refractivity (Wildman–Crippen MR) is 101 cm³/mol. The lowest BCUT2D eigenvalue weighted by atomic mass is 10.0. The number of nitrogens with zero attached hydrogens (tertiary/aromatic N) is 1. The van der Waals surface area contributed by atoms with Gasteiger partial charge in [0.1, 0.15) is 6.54 Å². The highest BCUT2D eigenvalue weighted by molar-refractivity contribution is 5.84. The Morgan fingerprint density at radius 3 is 2.38 bits per heavy atom. The summed E-state index contributed by atoms with van der Waals surface area (Å²) in [6.45, 7) is 8.86. The number of guanidine groups is 1. The number of carbonyl (C=O) groups is 1. The van der Waals surface area contributed by atoms with E-state index in [-0.39, 0.29) is 12.5 Å². The molecular formula is C19H32N4O.